The summed E-state index contributed by atoms with van der Waals surface area (Å²) in [6, 6.07) is 14.2. The van der Waals surface area contributed by atoms with Gasteiger partial charge in [-0.15, -0.1) is 0 Å². The van der Waals surface area contributed by atoms with Crippen LogP contribution in [0.3, 0.4) is 0 Å². The van der Waals surface area contributed by atoms with Crippen LogP contribution in [0.4, 0.5) is 13.2 Å². The molecule has 1 saturated heterocycles. The Hall–Kier alpha value is -3.17. The zero-order valence-corrected chi connectivity index (χ0v) is 19.1. The number of morpholine rings is 1. The molecule has 6 nitrogen and oxygen atoms in total. The Bertz CT molecular complexity index is 1120. The van der Waals surface area contributed by atoms with Crippen LogP contribution in [0.25, 0.3) is 5.69 Å². The fourth-order valence-electron chi connectivity index (χ4n) is 4.09. The first-order valence-corrected chi connectivity index (χ1v) is 11.1. The average molecular weight is 473 g/mol. The Kier molecular flexibility index (Phi) is 7.04. The van der Waals surface area contributed by atoms with Crippen molar-refractivity contribution in [2.24, 2.45) is 0 Å². The lowest BCUT2D eigenvalue weighted by atomic mass is 10.0. The number of alkyl halides is 3. The minimum Gasteiger partial charge on any atom is -0.379 e. The van der Waals surface area contributed by atoms with E-state index in [0.29, 0.717) is 26.3 Å². The molecular weight excluding hydrogens is 445 g/mol. The maximum atomic E-state index is 14.0. The molecule has 3 aromatic rings. The fourth-order valence-corrected chi connectivity index (χ4v) is 4.09. The van der Waals surface area contributed by atoms with Gasteiger partial charge in [0.1, 0.15) is 0 Å². The molecule has 1 N–H and O–H groups in total. The molecule has 9 heteroatoms. The number of nitrogens with one attached hydrogen (secondary N) is 1. The van der Waals surface area contributed by atoms with Gasteiger partial charge in [0, 0.05) is 19.6 Å². The van der Waals surface area contributed by atoms with E-state index < -0.39 is 23.3 Å². The van der Waals surface area contributed by atoms with E-state index in [4.69, 9.17) is 4.74 Å². The second-order valence-electron chi connectivity index (χ2n) is 8.44. The van der Waals surface area contributed by atoms with E-state index in [9.17, 15) is 18.0 Å². The lowest BCUT2D eigenvalue weighted by Gasteiger charge is -2.35. The number of carbonyl (C=O) groups is 1. The molecule has 2 aromatic carbocycles. The smallest absolute Gasteiger partial charge is 0.379 e. The minimum atomic E-state index is -4.76. The van der Waals surface area contributed by atoms with Gasteiger partial charge in [0.2, 0.25) is 0 Å². The SMILES string of the molecule is Cc1ccc(C(CNC(=O)c2cnn(-c3ccc(C)cc3)c2C(F)(F)F)N2CCOCC2)cc1. The van der Waals surface area contributed by atoms with Gasteiger partial charge in [-0.05, 0) is 31.5 Å². The molecule has 1 aliphatic heterocycles. The quantitative estimate of drug-likeness (QED) is 0.581. The van der Waals surface area contributed by atoms with Crippen LogP contribution in [0, 0.1) is 13.8 Å². The molecule has 4 rings (SSSR count). The number of aromatic nitrogens is 2. The van der Waals surface area contributed by atoms with E-state index in [1.807, 2.05) is 38.1 Å². The number of benzene rings is 2. The summed E-state index contributed by atoms with van der Waals surface area (Å²) in [4.78, 5) is 15.2. The van der Waals surface area contributed by atoms with Crippen LogP contribution >= 0.6 is 0 Å². The highest BCUT2D eigenvalue weighted by molar-refractivity contribution is 5.95. The summed E-state index contributed by atoms with van der Waals surface area (Å²) >= 11 is 0. The topological polar surface area (TPSA) is 59.4 Å². The number of halogens is 3. The second kappa shape index (κ2) is 9.99. The van der Waals surface area contributed by atoms with Gasteiger partial charge < -0.3 is 10.1 Å². The number of nitrogens with zero attached hydrogens (tertiary/aromatic N) is 3. The van der Waals surface area contributed by atoms with Crippen molar-refractivity contribution in [2.75, 3.05) is 32.8 Å². The van der Waals surface area contributed by atoms with Crippen LogP contribution in [0.5, 0.6) is 0 Å². The van der Waals surface area contributed by atoms with Gasteiger partial charge in [-0.1, -0.05) is 47.5 Å². The predicted octanol–water partition coefficient (Wildman–Crippen LogP) is 4.31. The van der Waals surface area contributed by atoms with Gasteiger partial charge in [-0.2, -0.15) is 18.3 Å². The van der Waals surface area contributed by atoms with Gasteiger partial charge >= 0.3 is 6.18 Å². The number of amides is 1. The third-order valence-corrected chi connectivity index (χ3v) is 5.97. The Morgan fingerprint density at radius 3 is 2.21 bits per heavy atom. The lowest BCUT2D eigenvalue weighted by molar-refractivity contribution is -0.143. The summed E-state index contributed by atoms with van der Waals surface area (Å²) in [6.07, 6.45) is -3.78. The van der Waals surface area contributed by atoms with Gasteiger partial charge in [-0.3, -0.25) is 9.69 Å². The Morgan fingerprint density at radius 1 is 1.03 bits per heavy atom. The Labute approximate surface area is 196 Å². The number of hydrogen-bond donors (Lipinski definition) is 1. The molecule has 1 aromatic heterocycles. The fraction of sp³-hybridized carbons (Fsp3) is 0.360. The Balaban J connectivity index is 1.59. The van der Waals surface area contributed by atoms with Crippen molar-refractivity contribution in [1.82, 2.24) is 20.0 Å². The third kappa shape index (κ3) is 5.31. The summed E-state index contributed by atoms with van der Waals surface area (Å²) in [5, 5.41) is 6.62. The van der Waals surface area contributed by atoms with Gasteiger partial charge in [0.05, 0.1) is 36.7 Å². The zero-order chi connectivity index (χ0) is 24.3. The van der Waals surface area contributed by atoms with Crippen LogP contribution in [0.2, 0.25) is 0 Å². The standard InChI is InChI=1S/C25H27F3N4O2/c1-17-3-7-19(8-4-17)22(31-11-13-34-14-12-31)16-29-24(33)21-15-30-32(23(21)25(26,27)28)20-9-5-18(2)6-10-20/h3-10,15,22H,11-14,16H2,1-2H3,(H,29,33). The van der Waals surface area contributed by atoms with Gasteiger partial charge in [-0.25, -0.2) is 4.68 Å². The molecule has 1 atom stereocenters. The van der Waals surface area contributed by atoms with E-state index in [1.165, 1.54) is 0 Å². The summed E-state index contributed by atoms with van der Waals surface area (Å²) in [7, 11) is 0. The van der Waals surface area contributed by atoms with E-state index >= 15 is 0 Å². The van der Waals surface area contributed by atoms with E-state index in [1.54, 1.807) is 24.3 Å². The van der Waals surface area contributed by atoms with Crippen molar-refractivity contribution >= 4 is 5.91 Å². The number of hydrogen-bond acceptors (Lipinski definition) is 4. The number of aryl methyl sites for hydroxylation is 2. The van der Waals surface area contributed by atoms with Crippen molar-refractivity contribution < 1.29 is 22.7 Å². The maximum absolute atomic E-state index is 14.0. The number of carbonyl (C=O) groups excluding carboxylic acids is 1. The summed E-state index contributed by atoms with van der Waals surface area (Å²) in [5.74, 6) is -0.809. The second-order valence-corrected chi connectivity index (χ2v) is 8.44. The molecule has 34 heavy (non-hydrogen) atoms. The molecule has 0 bridgehead atoms. The normalized spacial score (nSPS) is 15.8. The molecular formula is C25H27F3N4O2. The number of ether oxygens (including phenoxy) is 1. The van der Waals surface area contributed by atoms with E-state index in [-0.39, 0.29) is 18.3 Å². The first kappa shape index (κ1) is 24.0. The van der Waals surface area contributed by atoms with E-state index in [2.05, 4.69) is 15.3 Å². The zero-order valence-electron chi connectivity index (χ0n) is 19.1. The van der Waals surface area contributed by atoms with Crippen LogP contribution in [-0.2, 0) is 10.9 Å². The highest BCUT2D eigenvalue weighted by Gasteiger charge is 2.40. The minimum absolute atomic E-state index is 0.162. The van der Waals surface area contributed by atoms with Gasteiger partial charge in [0.15, 0.2) is 5.69 Å². The van der Waals surface area contributed by atoms with Gasteiger partial charge in [0.25, 0.3) is 5.91 Å². The largest absolute Gasteiger partial charge is 0.434 e. The van der Waals surface area contributed by atoms with Crippen molar-refractivity contribution in [3.63, 3.8) is 0 Å². The third-order valence-electron chi connectivity index (χ3n) is 5.97. The van der Waals surface area contributed by atoms with Crippen molar-refractivity contribution in [3.05, 3.63) is 82.7 Å². The predicted molar refractivity (Wildman–Crippen MR) is 122 cm³/mol. The Morgan fingerprint density at radius 2 is 1.62 bits per heavy atom. The summed E-state index contributed by atoms with van der Waals surface area (Å²) < 4.78 is 48.2. The summed E-state index contributed by atoms with van der Waals surface area (Å²) in [5.41, 5.74) is 1.64. The van der Waals surface area contributed by atoms with E-state index in [0.717, 1.165) is 27.6 Å². The molecule has 0 spiro atoms. The van der Waals surface area contributed by atoms with Crippen LogP contribution in [0.1, 0.15) is 38.8 Å². The summed E-state index contributed by atoms with van der Waals surface area (Å²) in [6.45, 7) is 6.47. The van der Waals surface area contributed by atoms with Crippen molar-refractivity contribution in [1.29, 1.82) is 0 Å². The molecule has 0 saturated carbocycles. The highest BCUT2D eigenvalue weighted by Crippen LogP contribution is 2.34. The van der Waals surface area contributed by atoms with Crippen molar-refractivity contribution in [2.45, 2.75) is 26.1 Å². The molecule has 2 heterocycles. The maximum Gasteiger partial charge on any atom is 0.434 e. The molecule has 1 fully saturated rings. The molecule has 1 unspecified atom stereocenters. The molecule has 1 amide bonds. The molecule has 180 valence electrons. The first-order chi connectivity index (χ1) is 16.2. The molecule has 0 radical (unpaired) electrons. The van der Waals surface area contributed by atoms with Crippen LogP contribution < -0.4 is 5.32 Å². The number of rotatable bonds is 6. The monoisotopic (exact) mass is 472 g/mol. The lowest BCUT2D eigenvalue weighted by Crippen LogP contribution is -2.44. The van der Waals surface area contributed by atoms with Crippen molar-refractivity contribution in [3.8, 4) is 5.69 Å². The molecule has 0 aliphatic carbocycles. The average Bonchev–Trinajstić information content (AvgIpc) is 3.27. The molecule has 1 aliphatic rings. The van der Waals surface area contributed by atoms with Crippen LogP contribution in [0.15, 0.2) is 54.7 Å². The highest BCUT2D eigenvalue weighted by atomic mass is 19.4. The first-order valence-electron chi connectivity index (χ1n) is 11.1. The van der Waals surface area contributed by atoms with Crippen LogP contribution in [-0.4, -0.2) is 53.4 Å².